The van der Waals surface area contributed by atoms with Gasteiger partial charge in [-0.05, 0) is 53.7 Å². The minimum Gasteiger partial charge on any atom is -0.448 e. The maximum atomic E-state index is 12.6. The number of carbonyl (C=O) groups is 2. The molecule has 2 N–H and O–H groups in total. The summed E-state index contributed by atoms with van der Waals surface area (Å²) in [5.74, 6) is 1.76. The molecule has 30 heavy (non-hydrogen) atoms. The monoisotopic (exact) mass is 404 g/mol. The Kier molecular flexibility index (Phi) is 3.99. The van der Waals surface area contributed by atoms with Crippen molar-refractivity contribution in [3.8, 4) is 0 Å². The lowest BCUT2D eigenvalue weighted by Crippen LogP contribution is -2.23. The van der Waals surface area contributed by atoms with E-state index in [1.165, 1.54) is 25.1 Å². The summed E-state index contributed by atoms with van der Waals surface area (Å²) in [6.07, 6.45) is 5.09. The van der Waals surface area contributed by atoms with Crippen LogP contribution in [-0.4, -0.2) is 53.0 Å². The molecule has 1 aliphatic carbocycles. The van der Waals surface area contributed by atoms with E-state index in [9.17, 15) is 9.59 Å². The molecule has 0 radical (unpaired) electrons. The largest absolute Gasteiger partial charge is 0.448 e. The Balaban J connectivity index is 1.21. The minimum absolute atomic E-state index is 0.0986. The van der Waals surface area contributed by atoms with Crippen molar-refractivity contribution >= 4 is 29.3 Å². The highest BCUT2D eigenvalue weighted by molar-refractivity contribution is 6.34. The van der Waals surface area contributed by atoms with E-state index in [0.29, 0.717) is 25.3 Å². The van der Waals surface area contributed by atoms with Gasteiger partial charge in [0.15, 0.2) is 0 Å². The van der Waals surface area contributed by atoms with E-state index in [1.54, 1.807) is 4.90 Å². The van der Waals surface area contributed by atoms with E-state index < -0.39 is 0 Å². The maximum absolute atomic E-state index is 12.6. The summed E-state index contributed by atoms with van der Waals surface area (Å²) in [6, 6.07) is 7.97. The number of cyclic esters (lactones) is 1. The average Bonchev–Trinajstić information content (AvgIpc) is 3.13. The standard InChI is InChI=1S/C23H24N4O3/c28-22-20(8-18-5-15(9-24-18)10-26-12-16-7-17(16)13-26)19-6-14(1-2-21(19)25-22)11-27-3-4-30-23(27)29/h1-2,5-6,8-9,16-17,24H,3-4,7,10-13H2,(H,25,28)/b20-8-/t16-,17+. The van der Waals surface area contributed by atoms with Crippen molar-refractivity contribution in [2.24, 2.45) is 11.8 Å². The number of hydrogen-bond acceptors (Lipinski definition) is 4. The fraction of sp³-hybridized carbons (Fsp3) is 0.391. The van der Waals surface area contributed by atoms with Crippen LogP contribution in [0.5, 0.6) is 0 Å². The molecule has 3 fully saturated rings. The van der Waals surface area contributed by atoms with Crippen molar-refractivity contribution in [3.05, 3.63) is 52.8 Å². The summed E-state index contributed by atoms with van der Waals surface area (Å²) in [4.78, 5) is 31.8. The molecule has 2 amide bonds. The van der Waals surface area contributed by atoms with Gasteiger partial charge in [0, 0.05) is 49.3 Å². The second-order valence-electron chi connectivity index (χ2n) is 8.84. The van der Waals surface area contributed by atoms with Crippen molar-refractivity contribution in [3.63, 3.8) is 0 Å². The van der Waals surface area contributed by atoms with Crippen molar-refractivity contribution in [2.45, 2.75) is 19.5 Å². The van der Waals surface area contributed by atoms with E-state index in [4.69, 9.17) is 4.74 Å². The van der Waals surface area contributed by atoms with Crippen LogP contribution in [0.15, 0.2) is 30.5 Å². The quantitative estimate of drug-likeness (QED) is 0.752. The first kappa shape index (κ1) is 17.8. The molecule has 2 atom stereocenters. The summed E-state index contributed by atoms with van der Waals surface area (Å²) in [7, 11) is 0. The smallest absolute Gasteiger partial charge is 0.410 e. The number of nitrogens with one attached hydrogen (secondary N) is 2. The summed E-state index contributed by atoms with van der Waals surface area (Å²) >= 11 is 0. The number of piperidine rings is 1. The Labute approximate surface area is 174 Å². The lowest BCUT2D eigenvalue weighted by atomic mass is 10.0. The highest BCUT2D eigenvalue weighted by Gasteiger charge is 2.44. The predicted molar refractivity (Wildman–Crippen MR) is 112 cm³/mol. The third-order valence-corrected chi connectivity index (χ3v) is 6.61. The molecule has 1 aromatic carbocycles. The van der Waals surface area contributed by atoms with Crippen LogP contribution in [0.25, 0.3) is 11.6 Å². The van der Waals surface area contributed by atoms with E-state index in [1.807, 2.05) is 30.5 Å². The van der Waals surface area contributed by atoms with Gasteiger partial charge in [0.1, 0.15) is 6.61 Å². The highest BCUT2D eigenvalue weighted by Crippen LogP contribution is 2.45. The van der Waals surface area contributed by atoms with E-state index in [2.05, 4.69) is 21.3 Å². The number of ether oxygens (including phenoxy) is 1. The van der Waals surface area contributed by atoms with Gasteiger partial charge in [-0.3, -0.25) is 9.69 Å². The number of nitrogens with zero attached hydrogens (tertiary/aromatic N) is 2. The number of amides is 2. The number of aromatic amines is 1. The van der Waals surface area contributed by atoms with Crippen LogP contribution >= 0.6 is 0 Å². The molecule has 4 aliphatic rings. The SMILES string of the molecule is O=C1Nc2ccc(CN3CCOC3=O)cc2/C1=C/c1cc(CN2C[C@H]3C[C@H]3C2)c[nH]1. The molecule has 0 spiro atoms. The summed E-state index contributed by atoms with van der Waals surface area (Å²) in [6.45, 7) is 4.91. The van der Waals surface area contributed by atoms with Gasteiger partial charge in [0.05, 0.1) is 12.1 Å². The van der Waals surface area contributed by atoms with Gasteiger partial charge in [-0.25, -0.2) is 4.79 Å². The molecule has 2 aromatic rings. The lowest BCUT2D eigenvalue weighted by molar-refractivity contribution is -0.110. The second-order valence-corrected chi connectivity index (χ2v) is 8.84. The van der Waals surface area contributed by atoms with E-state index in [0.717, 1.165) is 40.9 Å². The Morgan fingerprint density at radius 3 is 2.77 bits per heavy atom. The second kappa shape index (κ2) is 6.74. The molecule has 0 bridgehead atoms. The summed E-state index contributed by atoms with van der Waals surface area (Å²) < 4.78 is 5.01. The van der Waals surface area contributed by atoms with Gasteiger partial charge in [-0.15, -0.1) is 0 Å². The third kappa shape index (κ3) is 3.19. The van der Waals surface area contributed by atoms with Crippen LogP contribution in [0.2, 0.25) is 0 Å². The fourth-order valence-electron chi connectivity index (χ4n) is 4.94. The summed E-state index contributed by atoms with van der Waals surface area (Å²) in [5.41, 5.74) is 5.49. The molecular formula is C23H24N4O3. The lowest BCUT2D eigenvalue weighted by Gasteiger charge is -2.15. The zero-order chi connectivity index (χ0) is 20.2. The molecule has 7 heteroatoms. The van der Waals surface area contributed by atoms with Crippen LogP contribution < -0.4 is 5.32 Å². The number of hydrogen-bond donors (Lipinski definition) is 2. The van der Waals surface area contributed by atoms with Crippen LogP contribution in [0.4, 0.5) is 10.5 Å². The first-order valence-electron chi connectivity index (χ1n) is 10.6. The molecule has 2 saturated heterocycles. The number of carbonyl (C=O) groups excluding carboxylic acids is 2. The number of fused-ring (bicyclic) bond motifs is 2. The number of H-pyrrole nitrogens is 1. The third-order valence-electron chi connectivity index (χ3n) is 6.61. The van der Waals surface area contributed by atoms with E-state index >= 15 is 0 Å². The van der Waals surface area contributed by atoms with Gasteiger partial charge in [-0.1, -0.05) is 6.07 Å². The molecule has 4 heterocycles. The van der Waals surface area contributed by atoms with Gasteiger partial charge in [0.2, 0.25) is 0 Å². The van der Waals surface area contributed by atoms with Gasteiger partial charge in [-0.2, -0.15) is 0 Å². The van der Waals surface area contributed by atoms with Crippen LogP contribution in [0, 0.1) is 11.8 Å². The topological polar surface area (TPSA) is 77.7 Å². The Morgan fingerprint density at radius 1 is 1.10 bits per heavy atom. The van der Waals surface area contributed by atoms with Crippen molar-refractivity contribution in [1.82, 2.24) is 14.8 Å². The zero-order valence-corrected chi connectivity index (χ0v) is 16.7. The van der Waals surface area contributed by atoms with Crippen molar-refractivity contribution in [1.29, 1.82) is 0 Å². The fourth-order valence-corrected chi connectivity index (χ4v) is 4.94. The minimum atomic E-state index is -0.283. The molecule has 0 unspecified atom stereocenters. The molecule has 1 saturated carbocycles. The van der Waals surface area contributed by atoms with Gasteiger partial charge < -0.3 is 19.9 Å². The number of likely N-dealkylation sites (tertiary alicyclic amines) is 1. The number of aromatic nitrogens is 1. The molecular weight excluding hydrogens is 380 g/mol. The predicted octanol–water partition coefficient (Wildman–Crippen LogP) is 2.91. The first-order valence-corrected chi connectivity index (χ1v) is 10.6. The normalized spacial score (nSPS) is 26.1. The Bertz CT molecular complexity index is 1060. The molecule has 154 valence electrons. The van der Waals surface area contributed by atoms with Crippen LogP contribution in [0.1, 0.15) is 28.8 Å². The Hall–Kier alpha value is -3.06. The number of rotatable bonds is 5. The Morgan fingerprint density at radius 2 is 1.97 bits per heavy atom. The first-order chi connectivity index (χ1) is 14.6. The number of anilines is 1. The maximum Gasteiger partial charge on any atom is 0.410 e. The zero-order valence-electron chi connectivity index (χ0n) is 16.7. The molecule has 3 aliphatic heterocycles. The highest BCUT2D eigenvalue weighted by atomic mass is 16.6. The summed E-state index contributed by atoms with van der Waals surface area (Å²) in [5, 5.41) is 2.94. The van der Waals surface area contributed by atoms with Gasteiger partial charge >= 0.3 is 6.09 Å². The van der Waals surface area contributed by atoms with Crippen molar-refractivity contribution in [2.75, 3.05) is 31.6 Å². The van der Waals surface area contributed by atoms with Crippen molar-refractivity contribution < 1.29 is 14.3 Å². The molecule has 1 aromatic heterocycles. The average molecular weight is 404 g/mol. The van der Waals surface area contributed by atoms with Crippen LogP contribution in [0.3, 0.4) is 0 Å². The molecule has 6 rings (SSSR count). The number of benzene rings is 1. The molecule has 7 nitrogen and oxygen atoms in total. The van der Waals surface area contributed by atoms with Gasteiger partial charge in [0.25, 0.3) is 5.91 Å². The van der Waals surface area contributed by atoms with Crippen LogP contribution in [-0.2, 0) is 22.6 Å². The van der Waals surface area contributed by atoms with E-state index in [-0.39, 0.29) is 12.0 Å².